The Labute approximate surface area is 110 Å². The topological polar surface area (TPSA) is 62.2 Å². The largest absolute Gasteiger partial charge is 0.395 e. The summed E-state index contributed by atoms with van der Waals surface area (Å²) in [7, 11) is 0. The lowest BCUT2D eigenvalue weighted by atomic mass is 10.1. The molecule has 5 heteroatoms. The van der Waals surface area contributed by atoms with Crippen LogP contribution in [0.15, 0.2) is 6.20 Å². The molecule has 1 fully saturated rings. The SMILES string of the molecule is CC(C(=O)Nc1ncc(C#CCCO)s1)C1CC1. The summed E-state index contributed by atoms with van der Waals surface area (Å²) < 4.78 is 0. The van der Waals surface area contributed by atoms with Crippen LogP contribution in [0.5, 0.6) is 0 Å². The van der Waals surface area contributed by atoms with E-state index >= 15 is 0 Å². The van der Waals surface area contributed by atoms with E-state index in [1.54, 1.807) is 6.20 Å². The van der Waals surface area contributed by atoms with Gasteiger partial charge < -0.3 is 10.4 Å². The molecule has 1 unspecified atom stereocenters. The Bertz CT molecular complexity index is 483. The molecule has 96 valence electrons. The second-order valence-electron chi connectivity index (χ2n) is 4.42. The molecule has 0 bridgehead atoms. The first-order chi connectivity index (χ1) is 8.70. The predicted molar refractivity (Wildman–Crippen MR) is 71.2 cm³/mol. The summed E-state index contributed by atoms with van der Waals surface area (Å²) in [6.45, 7) is 2.02. The number of nitrogens with one attached hydrogen (secondary N) is 1. The molecule has 0 radical (unpaired) electrons. The number of anilines is 1. The lowest BCUT2D eigenvalue weighted by Gasteiger charge is -2.08. The van der Waals surface area contributed by atoms with E-state index in [2.05, 4.69) is 22.1 Å². The third-order valence-electron chi connectivity index (χ3n) is 2.93. The number of hydrogen-bond acceptors (Lipinski definition) is 4. The Hall–Kier alpha value is -1.38. The van der Waals surface area contributed by atoms with E-state index < -0.39 is 0 Å². The van der Waals surface area contributed by atoms with Gasteiger partial charge in [-0.25, -0.2) is 4.98 Å². The number of nitrogens with zero attached hydrogens (tertiary/aromatic N) is 1. The van der Waals surface area contributed by atoms with Crippen LogP contribution in [0, 0.1) is 23.7 Å². The molecule has 1 atom stereocenters. The molecule has 0 saturated heterocycles. The maximum absolute atomic E-state index is 11.8. The normalized spacial score (nSPS) is 15.7. The van der Waals surface area contributed by atoms with Gasteiger partial charge in [-0.15, -0.1) is 0 Å². The average Bonchev–Trinajstić information content (AvgIpc) is 3.11. The highest BCUT2D eigenvalue weighted by molar-refractivity contribution is 7.16. The Morgan fingerprint density at radius 1 is 1.72 bits per heavy atom. The van der Waals surface area contributed by atoms with Crippen molar-refractivity contribution in [1.82, 2.24) is 4.98 Å². The van der Waals surface area contributed by atoms with E-state index in [1.165, 1.54) is 11.3 Å². The fourth-order valence-electron chi connectivity index (χ4n) is 1.62. The predicted octanol–water partition coefficient (Wildman–Crippen LogP) is 1.86. The van der Waals surface area contributed by atoms with E-state index in [4.69, 9.17) is 5.11 Å². The van der Waals surface area contributed by atoms with E-state index in [0.29, 0.717) is 17.5 Å². The van der Waals surface area contributed by atoms with Crippen molar-refractivity contribution in [2.75, 3.05) is 11.9 Å². The van der Waals surface area contributed by atoms with Crippen LogP contribution in [-0.4, -0.2) is 22.6 Å². The number of carbonyl (C=O) groups is 1. The van der Waals surface area contributed by atoms with Crippen LogP contribution in [0.3, 0.4) is 0 Å². The molecular weight excluding hydrogens is 248 g/mol. The van der Waals surface area contributed by atoms with Gasteiger partial charge in [0.15, 0.2) is 5.13 Å². The summed E-state index contributed by atoms with van der Waals surface area (Å²) in [5.74, 6) is 6.39. The molecule has 0 aliphatic heterocycles. The Balaban J connectivity index is 1.90. The Morgan fingerprint density at radius 3 is 3.17 bits per heavy atom. The van der Waals surface area contributed by atoms with Crippen molar-refractivity contribution in [1.29, 1.82) is 0 Å². The van der Waals surface area contributed by atoms with Gasteiger partial charge in [0.1, 0.15) is 0 Å². The summed E-state index contributed by atoms with van der Waals surface area (Å²) in [5.41, 5.74) is 0. The molecule has 1 amide bonds. The number of hydrogen-bond donors (Lipinski definition) is 2. The van der Waals surface area contributed by atoms with Crippen LogP contribution >= 0.6 is 11.3 Å². The number of thiazole rings is 1. The number of rotatable bonds is 4. The minimum atomic E-state index is 0.0433. The first-order valence-electron chi connectivity index (χ1n) is 6.07. The summed E-state index contributed by atoms with van der Waals surface area (Å²) in [6.07, 6.45) is 4.42. The maximum atomic E-state index is 11.8. The van der Waals surface area contributed by atoms with Gasteiger partial charge in [-0.1, -0.05) is 30.1 Å². The van der Waals surface area contributed by atoms with E-state index in [1.807, 2.05) is 6.92 Å². The zero-order valence-corrected chi connectivity index (χ0v) is 11.1. The standard InChI is InChI=1S/C13H16N2O2S/c1-9(10-5-6-10)12(17)15-13-14-8-11(18-13)4-2-3-7-16/h8-10,16H,3,5-7H2,1H3,(H,14,15,17). The van der Waals surface area contributed by atoms with E-state index in [0.717, 1.165) is 17.7 Å². The number of aliphatic hydroxyl groups is 1. The second kappa shape index (κ2) is 5.98. The molecule has 1 aliphatic rings. The summed E-state index contributed by atoms with van der Waals surface area (Å²) in [5, 5.41) is 12.0. The van der Waals surface area contributed by atoms with Crippen LogP contribution in [0.4, 0.5) is 5.13 Å². The van der Waals surface area contributed by atoms with Crippen LogP contribution in [0.25, 0.3) is 0 Å². The number of aromatic nitrogens is 1. The summed E-state index contributed by atoms with van der Waals surface area (Å²) in [4.78, 5) is 16.8. The van der Waals surface area contributed by atoms with Gasteiger partial charge in [-0.3, -0.25) is 4.79 Å². The van der Waals surface area contributed by atoms with Crippen molar-refractivity contribution < 1.29 is 9.90 Å². The highest BCUT2D eigenvalue weighted by Gasteiger charge is 2.32. The van der Waals surface area contributed by atoms with Gasteiger partial charge in [0, 0.05) is 12.3 Å². The molecule has 1 saturated carbocycles. The molecule has 18 heavy (non-hydrogen) atoms. The second-order valence-corrected chi connectivity index (χ2v) is 5.45. The van der Waals surface area contributed by atoms with Crippen LogP contribution in [0.1, 0.15) is 31.1 Å². The van der Waals surface area contributed by atoms with Gasteiger partial charge in [-0.05, 0) is 18.8 Å². The molecule has 4 nitrogen and oxygen atoms in total. The minimum absolute atomic E-state index is 0.0433. The van der Waals surface area contributed by atoms with Gasteiger partial charge in [0.25, 0.3) is 0 Å². The maximum Gasteiger partial charge on any atom is 0.229 e. The lowest BCUT2D eigenvalue weighted by molar-refractivity contribution is -0.119. The van der Waals surface area contributed by atoms with Crippen molar-refractivity contribution in [2.24, 2.45) is 11.8 Å². The first-order valence-corrected chi connectivity index (χ1v) is 6.88. The molecule has 2 N–H and O–H groups in total. The molecular formula is C13H16N2O2S. The van der Waals surface area contributed by atoms with Crippen LogP contribution in [-0.2, 0) is 4.79 Å². The summed E-state index contributed by atoms with van der Waals surface area (Å²) in [6, 6.07) is 0. The van der Waals surface area contributed by atoms with Gasteiger partial charge in [-0.2, -0.15) is 0 Å². The minimum Gasteiger partial charge on any atom is -0.395 e. The first kappa shape index (κ1) is 13.1. The highest BCUT2D eigenvalue weighted by atomic mass is 32.1. The average molecular weight is 264 g/mol. The summed E-state index contributed by atoms with van der Waals surface area (Å²) >= 11 is 1.36. The molecule has 0 aromatic carbocycles. The molecule has 1 aromatic rings. The van der Waals surface area contributed by atoms with Crippen molar-refractivity contribution in [3.05, 3.63) is 11.1 Å². The van der Waals surface area contributed by atoms with Crippen molar-refractivity contribution >= 4 is 22.4 Å². The fourth-order valence-corrected chi connectivity index (χ4v) is 2.32. The smallest absolute Gasteiger partial charge is 0.229 e. The van der Waals surface area contributed by atoms with E-state index in [-0.39, 0.29) is 18.4 Å². The van der Waals surface area contributed by atoms with Crippen molar-refractivity contribution in [2.45, 2.75) is 26.2 Å². The Morgan fingerprint density at radius 2 is 2.50 bits per heavy atom. The number of aliphatic hydroxyl groups excluding tert-OH is 1. The molecule has 0 spiro atoms. The quantitative estimate of drug-likeness (QED) is 0.816. The van der Waals surface area contributed by atoms with Gasteiger partial charge in [0.2, 0.25) is 5.91 Å². The fraction of sp³-hybridized carbons (Fsp3) is 0.538. The molecule has 1 aliphatic carbocycles. The van der Waals surface area contributed by atoms with Crippen molar-refractivity contribution in [3.63, 3.8) is 0 Å². The van der Waals surface area contributed by atoms with Gasteiger partial charge in [0.05, 0.1) is 17.7 Å². The van der Waals surface area contributed by atoms with Crippen molar-refractivity contribution in [3.8, 4) is 11.8 Å². The highest BCUT2D eigenvalue weighted by Crippen LogP contribution is 2.37. The van der Waals surface area contributed by atoms with E-state index in [9.17, 15) is 4.79 Å². The zero-order chi connectivity index (χ0) is 13.0. The molecule has 1 heterocycles. The van der Waals surface area contributed by atoms with Crippen LogP contribution in [0.2, 0.25) is 0 Å². The number of amides is 1. The Kier molecular flexibility index (Phi) is 4.34. The number of carbonyl (C=O) groups excluding carboxylic acids is 1. The van der Waals surface area contributed by atoms with Crippen LogP contribution < -0.4 is 5.32 Å². The molecule has 1 aromatic heterocycles. The third kappa shape index (κ3) is 3.56. The molecule has 2 rings (SSSR count). The third-order valence-corrected chi connectivity index (χ3v) is 3.76. The zero-order valence-electron chi connectivity index (χ0n) is 10.3. The van der Waals surface area contributed by atoms with Gasteiger partial charge >= 0.3 is 0 Å². The lowest BCUT2D eigenvalue weighted by Crippen LogP contribution is -2.21. The monoisotopic (exact) mass is 264 g/mol.